The number of hydrogen-bond acceptors (Lipinski definition) is 4. The Kier molecular flexibility index (Phi) is 3.65. The molecule has 0 saturated carbocycles. The van der Waals surface area contributed by atoms with Crippen LogP contribution < -0.4 is 5.32 Å². The van der Waals surface area contributed by atoms with Gasteiger partial charge in [0.25, 0.3) is 0 Å². The van der Waals surface area contributed by atoms with Gasteiger partial charge in [-0.1, -0.05) is 12.1 Å². The van der Waals surface area contributed by atoms with Crippen molar-refractivity contribution in [2.75, 3.05) is 0 Å². The molecule has 0 unspecified atom stereocenters. The molecule has 1 aromatic carbocycles. The molecule has 3 aromatic rings. The van der Waals surface area contributed by atoms with Crippen molar-refractivity contribution < 1.29 is 0 Å². The lowest BCUT2D eigenvalue weighted by Crippen LogP contribution is -2.13. The maximum absolute atomic E-state index is 4.51. The average molecular weight is 264 g/mol. The lowest BCUT2D eigenvalue weighted by molar-refractivity contribution is 0.678. The van der Waals surface area contributed by atoms with Crippen LogP contribution in [-0.4, -0.2) is 15.0 Å². The van der Waals surface area contributed by atoms with Gasteiger partial charge in [0.05, 0.1) is 11.2 Å². The molecule has 0 aliphatic heterocycles. The fourth-order valence-corrected chi connectivity index (χ4v) is 2.14. The quantitative estimate of drug-likeness (QED) is 0.787. The second kappa shape index (κ2) is 5.75. The molecule has 1 N–H and O–H groups in total. The van der Waals surface area contributed by atoms with E-state index in [0.717, 1.165) is 30.0 Å². The van der Waals surface area contributed by atoms with Gasteiger partial charge in [-0.15, -0.1) is 0 Å². The lowest BCUT2D eigenvalue weighted by Gasteiger charge is -2.06. The molecule has 0 amide bonds. The SMILES string of the molecule is Cc1ccc2cc(CNCc3ccncn3)ccc2n1. The molecule has 3 rings (SSSR count). The van der Waals surface area contributed by atoms with Crippen molar-refractivity contribution in [2.45, 2.75) is 20.0 Å². The van der Waals surface area contributed by atoms with Crippen molar-refractivity contribution in [1.82, 2.24) is 20.3 Å². The van der Waals surface area contributed by atoms with Crippen molar-refractivity contribution in [3.05, 3.63) is 65.9 Å². The number of pyridine rings is 1. The van der Waals surface area contributed by atoms with Gasteiger partial charge < -0.3 is 5.32 Å². The van der Waals surface area contributed by atoms with Crippen molar-refractivity contribution in [1.29, 1.82) is 0 Å². The van der Waals surface area contributed by atoms with Gasteiger partial charge in [0.2, 0.25) is 0 Å². The number of rotatable bonds is 4. The highest BCUT2D eigenvalue weighted by molar-refractivity contribution is 5.79. The molecule has 4 heteroatoms. The highest BCUT2D eigenvalue weighted by Gasteiger charge is 1.99. The molecule has 0 saturated heterocycles. The number of nitrogens with one attached hydrogen (secondary N) is 1. The minimum Gasteiger partial charge on any atom is -0.307 e. The Morgan fingerprint density at radius 3 is 2.85 bits per heavy atom. The van der Waals surface area contributed by atoms with Gasteiger partial charge in [-0.3, -0.25) is 4.98 Å². The summed E-state index contributed by atoms with van der Waals surface area (Å²) >= 11 is 0. The summed E-state index contributed by atoms with van der Waals surface area (Å²) in [5.74, 6) is 0. The number of nitrogens with zero attached hydrogens (tertiary/aromatic N) is 3. The van der Waals surface area contributed by atoms with E-state index < -0.39 is 0 Å². The van der Waals surface area contributed by atoms with Crippen molar-refractivity contribution in [3.63, 3.8) is 0 Å². The van der Waals surface area contributed by atoms with Crippen molar-refractivity contribution in [3.8, 4) is 0 Å². The molecule has 0 aliphatic rings. The van der Waals surface area contributed by atoms with E-state index in [1.807, 2.05) is 19.1 Å². The summed E-state index contributed by atoms with van der Waals surface area (Å²) in [5, 5.41) is 4.56. The van der Waals surface area contributed by atoms with Crippen LogP contribution in [0, 0.1) is 6.92 Å². The summed E-state index contributed by atoms with van der Waals surface area (Å²) < 4.78 is 0. The molecular formula is C16H16N4. The van der Waals surface area contributed by atoms with Crippen LogP contribution in [0.5, 0.6) is 0 Å². The highest BCUT2D eigenvalue weighted by Crippen LogP contribution is 2.14. The molecule has 0 fully saturated rings. The van der Waals surface area contributed by atoms with E-state index in [9.17, 15) is 0 Å². The van der Waals surface area contributed by atoms with Crippen molar-refractivity contribution >= 4 is 10.9 Å². The van der Waals surface area contributed by atoms with E-state index in [2.05, 4.69) is 44.5 Å². The van der Waals surface area contributed by atoms with Crippen LogP contribution in [0.25, 0.3) is 10.9 Å². The Hall–Kier alpha value is -2.33. The molecule has 100 valence electrons. The van der Waals surface area contributed by atoms with Crippen LogP contribution in [0.4, 0.5) is 0 Å². The summed E-state index contributed by atoms with van der Waals surface area (Å²) in [6, 6.07) is 12.4. The third kappa shape index (κ3) is 2.97. The molecule has 4 nitrogen and oxygen atoms in total. The average Bonchev–Trinajstić information content (AvgIpc) is 2.48. The maximum Gasteiger partial charge on any atom is 0.115 e. The van der Waals surface area contributed by atoms with Crippen LogP contribution in [0.1, 0.15) is 17.0 Å². The molecule has 0 atom stereocenters. The Labute approximate surface area is 117 Å². The Bertz CT molecular complexity index is 710. The fourth-order valence-electron chi connectivity index (χ4n) is 2.14. The fraction of sp³-hybridized carbons (Fsp3) is 0.188. The zero-order valence-corrected chi connectivity index (χ0v) is 11.4. The van der Waals surface area contributed by atoms with Gasteiger partial charge in [0, 0.05) is 30.4 Å². The normalized spacial score (nSPS) is 10.8. The minimum absolute atomic E-state index is 0.743. The third-order valence-electron chi connectivity index (χ3n) is 3.17. The summed E-state index contributed by atoms with van der Waals surface area (Å²) in [7, 11) is 0. The van der Waals surface area contributed by atoms with Gasteiger partial charge in [0.15, 0.2) is 0 Å². The van der Waals surface area contributed by atoms with E-state index in [1.165, 1.54) is 10.9 Å². The minimum atomic E-state index is 0.743. The van der Waals surface area contributed by atoms with Crippen LogP contribution in [-0.2, 0) is 13.1 Å². The highest BCUT2D eigenvalue weighted by atomic mass is 14.9. The zero-order chi connectivity index (χ0) is 13.8. The van der Waals surface area contributed by atoms with Crippen LogP contribution in [0.2, 0.25) is 0 Å². The van der Waals surface area contributed by atoms with E-state index in [4.69, 9.17) is 0 Å². The number of aryl methyl sites for hydroxylation is 1. The third-order valence-corrected chi connectivity index (χ3v) is 3.17. The monoisotopic (exact) mass is 264 g/mol. The first-order valence-electron chi connectivity index (χ1n) is 6.63. The smallest absolute Gasteiger partial charge is 0.115 e. The number of benzene rings is 1. The first-order chi connectivity index (χ1) is 9.81. The second-order valence-electron chi connectivity index (χ2n) is 4.78. The first kappa shape index (κ1) is 12.7. The number of aromatic nitrogens is 3. The Morgan fingerprint density at radius 2 is 2.00 bits per heavy atom. The lowest BCUT2D eigenvalue weighted by atomic mass is 10.1. The van der Waals surface area contributed by atoms with Crippen LogP contribution >= 0.6 is 0 Å². The van der Waals surface area contributed by atoms with Crippen LogP contribution in [0.15, 0.2) is 48.9 Å². The van der Waals surface area contributed by atoms with E-state index in [-0.39, 0.29) is 0 Å². The van der Waals surface area contributed by atoms with Crippen LogP contribution in [0.3, 0.4) is 0 Å². The maximum atomic E-state index is 4.51. The van der Waals surface area contributed by atoms with E-state index >= 15 is 0 Å². The van der Waals surface area contributed by atoms with Crippen molar-refractivity contribution in [2.24, 2.45) is 0 Å². The van der Waals surface area contributed by atoms with Gasteiger partial charge in [-0.2, -0.15) is 0 Å². The molecule has 0 radical (unpaired) electrons. The summed E-state index contributed by atoms with van der Waals surface area (Å²) in [6.45, 7) is 3.57. The van der Waals surface area contributed by atoms with Gasteiger partial charge in [-0.25, -0.2) is 9.97 Å². The standard InChI is InChI=1S/C16H16N4/c1-12-2-4-14-8-13(3-5-16(14)20-12)9-18-10-15-6-7-17-11-19-15/h2-8,11,18H,9-10H2,1H3. The second-order valence-corrected chi connectivity index (χ2v) is 4.78. The Morgan fingerprint density at radius 1 is 1.05 bits per heavy atom. The molecule has 2 aromatic heterocycles. The van der Waals surface area contributed by atoms with E-state index in [1.54, 1.807) is 12.5 Å². The van der Waals surface area contributed by atoms with Gasteiger partial charge in [0.1, 0.15) is 6.33 Å². The molecule has 20 heavy (non-hydrogen) atoms. The Balaban J connectivity index is 1.67. The molecular weight excluding hydrogens is 248 g/mol. The topological polar surface area (TPSA) is 50.7 Å². The van der Waals surface area contributed by atoms with Gasteiger partial charge in [-0.05, 0) is 36.8 Å². The predicted molar refractivity (Wildman–Crippen MR) is 79.1 cm³/mol. The number of fused-ring (bicyclic) bond motifs is 1. The number of hydrogen-bond donors (Lipinski definition) is 1. The first-order valence-corrected chi connectivity index (χ1v) is 6.63. The van der Waals surface area contributed by atoms with E-state index in [0.29, 0.717) is 0 Å². The predicted octanol–water partition coefficient (Wildman–Crippen LogP) is 2.62. The molecule has 0 spiro atoms. The molecule has 2 heterocycles. The summed E-state index contributed by atoms with van der Waals surface area (Å²) in [4.78, 5) is 12.6. The molecule has 0 bridgehead atoms. The summed E-state index contributed by atoms with van der Waals surface area (Å²) in [6.07, 6.45) is 3.33. The van der Waals surface area contributed by atoms with Gasteiger partial charge >= 0.3 is 0 Å². The summed E-state index contributed by atoms with van der Waals surface area (Å²) in [5.41, 5.74) is 4.34. The largest absolute Gasteiger partial charge is 0.307 e. The zero-order valence-electron chi connectivity index (χ0n) is 11.4. The molecule has 0 aliphatic carbocycles.